The van der Waals surface area contributed by atoms with E-state index < -0.39 is 17.7 Å². The summed E-state index contributed by atoms with van der Waals surface area (Å²) in [5.41, 5.74) is 2.51. The van der Waals surface area contributed by atoms with Crippen LogP contribution in [-0.4, -0.2) is 99.9 Å². The van der Waals surface area contributed by atoms with E-state index in [1.807, 2.05) is 34.6 Å². The first kappa shape index (κ1) is 43.6. The molecule has 0 bridgehead atoms. The Morgan fingerprint density at radius 2 is 1.22 bits per heavy atom. The maximum absolute atomic E-state index is 13.8. The van der Waals surface area contributed by atoms with E-state index in [-0.39, 0.29) is 35.5 Å². The Hall–Kier alpha value is -5.99. The molecule has 0 spiro atoms. The standard InChI is InChI=1S/C21H26FN5O3.C16H18FN5O.C2HF3O2/c1-5-16-15-7-6-14(22)12-17(15)27(24-16)19-23-18(30-25-19)13-8-10-26(11-9-13)20(28)29-21(2,3)4;1-2-13-12-4-3-11(17)9-14(12)22(20-13)16-19-15(23-21-16)10-5-7-18-8-6-10;3-2(4,5)1(6)7/h6-7,12-13H,5,8-11H2,1-4H3;3-4,9-10,18H,2,5-8H2,1H3;(H,6,7). The molecule has 0 unspecified atom stereocenters. The van der Waals surface area contributed by atoms with Crippen molar-refractivity contribution in [3.8, 4) is 11.9 Å². The third kappa shape index (κ3) is 10.2. The Kier molecular flexibility index (Phi) is 13.1. The predicted octanol–water partition coefficient (Wildman–Crippen LogP) is 7.43. The van der Waals surface area contributed by atoms with Gasteiger partial charge >= 0.3 is 18.2 Å². The number of carboxylic acids is 1. The average molecular weight is 845 g/mol. The second-order valence-corrected chi connectivity index (χ2v) is 15.2. The van der Waals surface area contributed by atoms with E-state index >= 15 is 0 Å². The summed E-state index contributed by atoms with van der Waals surface area (Å²) in [4.78, 5) is 31.9. The van der Waals surface area contributed by atoms with Gasteiger partial charge in [0, 0.05) is 47.8 Å². The molecule has 6 aromatic rings. The highest BCUT2D eigenvalue weighted by molar-refractivity contribution is 5.84. The molecular weight excluding hydrogens is 799 g/mol. The Morgan fingerprint density at radius 1 is 0.783 bits per heavy atom. The number of piperidine rings is 2. The molecule has 2 fully saturated rings. The molecular formula is C39H45F5N10O6. The highest BCUT2D eigenvalue weighted by Gasteiger charge is 2.38. The van der Waals surface area contributed by atoms with Gasteiger partial charge in [-0.3, -0.25) is 0 Å². The van der Waals surface area contributed by atoms with Crippen molar-refractivity contribution in [1.82, 2.24) is 50.1 Å². The maximum atomic E-state index is 13.8. The minimum absolute atomic E-state index is 0.0501. The zero-order valence-electron chi connectivity index (χ0n) is 33.6. The molecule has 21 heteroatoms. The number of carbonyl (C=O) groups is 2. The lowest BCUT2D eigenvalue weighted by Crippen LogP contribution is -2.41. The van der Waals surface area contributed by atoms with E-state index in [1.54, 1.807) is 21.7 Å². The summed E-state index contributed by atoms with van der Waals surface area (Å²) < 4.78 is 78.6. The molecule has 0 saturated carbocycles. The molecule has 60 heavy (non-hydrogen) atoms. The van der Waals surface area contributed by atoms with E-state index in [1.165, 1.54) is 28.9 Å². The minimum atomic E-state index is -5.08. The summed E-state index contributed by atoms with van der Waals surface area (Å²) in [5, 5.41) is 29.4. The average Bonchev–Trinajstić information content (AvgIpc) is 4.03. The number of rotatable bonds is 6. The normalized spacial score (nSPS) is 15.4. The second-order valence-electron chi connectivity index (χ2n) is 15.2. The number of nitrogens with one attached hydrogen (secondary N) is 1. The van der Waals surface area contributed by atoms with E-state index in [0.29, 0.717) is 61.1 Å². The lowest BCUT2D eigenvalue weighted by molar-refractivity contribution is -0.192. The van der Waals surface area contributed by atoms with Crippen LogP contribution in [0, 0.1) is 11.6 Å². The number of hydrogen-bond acceptors (Lipinski definition) is 12. The van der Waals surface area contributed by atoms with Gasteiger partial charge in [0.2, 0.25) is 11.8 Å². The number of likely N-dealkylation sites (tertiary alicyclic amines) is 1. The number of amides is 1. The van der Waals surface area contributed by atoms with Gasteiger partial charge in [0.25, 0.3) is 11.9 Å². The maximum Gasteiger partial charge on any atom is 0.490 e. The van der Waals surface area contributed by atoms with E-state index in [4.69, 9.17) is 23.7 Å². The summed E-state index contributed by atoms with van der Waals surface area (Å²) >= 11 is 0. The number of aliphatic carboxylic acids is 1. The van der Waals surface area contributed by atoms with Crippen LogP contribution in [0.5, 0.6) is 0 Å². The van der Waals surface area contributed by atoms with E-state index in [9.17, 15) is 26.7 Å². The Morgan fingerprint density at radius 3 is 1.62 bits per heavy atom. The zero-order valence-corrected chi connectivity index (χ0v) is 33.6. The summed E-state index contributed by atoms with van der Waals surface area (Å²) in [5.74, 6) is -1.27. The molecule has 2 aliphatic heterocycles. The van der Waals surface area contributed by atoms with Gasteiger partial charge in [-0.05, 0) is 107 Å². The number of ether oxygens (including phenoxy) is 1. The topological polar surface area (TPSA) is 192 Å². The van der Waals surface area contributed by atoms with Crippen LogP contribution >= 0.6 is 0 Å². The summed E-state index contributed by atoms with van der Waals surface area (Å²) in [6.45, 7) is 12.6. The van der Waals surface area contributed by atoms with Crippen LogP contribution < -0.4 is 5.32 Å². The number of aryl methyl sites for hydroxylation is 2. The van der Waals surface area contributed by atoms with E-state index in [0.717, 1.165) is 54.5 Å². The largest absolute Gasteiger partial charge is 0.490 e. The van der Waals surface area contributed by atoms with Crippen LogP contribution in [-0.2, 0) is 22.4 Å². The quantitative estimate of drug-likeness (QED) is 0.157. The number of carbonyl (C=O) groups excluding carboxylic acids is 1. The molecule has 0 aliphatic carbocycles. The highest BCUT2D eigenvalue weighted by Crippen LogP contribution is 2.30. The van der Waals surface area contributed by atoms with Crippen LogP contribution in [0.3, 0.4) is 0 Å². The number of halogens is 5. The van der Waals surface area contributed by atoms with Gasteiger partial charge < -0.3 is 29.1 Å². The number of alkyl halides is 3. The number of hydrogen-bond donors (Lipinski definition) is 2. The Balaban J connectivity index is 0.000000178. The molecule has 8 rings (SSSR count). The van der Waals surface area contributed by atoms with Gasteiger partial charge in [-0.1, -0.05) is 13.8 Å². The van der Waals surface area contributed by atoms with Crippen molar-refractivity contribution >= 4 is 33.9 Å². The third-order valence-electron chi connectivity index (χ3n) is 9.78. The predicted molar refractivity (Wildman–Crippen MR) is 205 cm³/mol. The molecule has 322 valence electrons. The van der Waals surface area contributed by atoms with Gasteiger partial charge in [-0.25, -0.2) is 18.4 Å². The van der Waals surface area contributed by atoms with Crippen molar-refractivity contribution in [2.24, 2.45) is 0 Å². The Labute approximate surface area is 340 Å². The third-order valence-corrected chi connectivity index (χ3v) is 9.78. The van der Waals surface area contributed by atoms with Crippen LogP contribution in [0.15, 0.2) is 45.4 Å². The van der Waals surface area contributed by atoms with Gasteiger partial charge in [-0.2, -0.15) is 42.7 Å². The molecule has 16 nitrogen and oxygen atoms in total. The van der Waals surface area contributed by atoms with Gasteiger partial charge in [0.15, 0.2) is 0 Å². The van der Waals surface area contributed by atoms with Crippen molar-refractivity contribution < 1.29 is 50.4 Å². The van der Waals surface area contributed by atoms with Crippen LogP contribution in [0.4, 0.5) is 26.7 Å². The summed E-state index contributed by atoms with van der Waals surface area (Å²) in [6.07, 6.45) is -0.543. The molecule has 0 radical (unpaired) electrons. The molecule has 2 N–H and O–H groups in total. The fraction of sp³-hybridized carbons (Fsp3) is 0.487. The van der Waals surface area contributed by atoms with Gasteiger partial charge in [0.05, 0.1) is 22.4 Å². The van der Waals surface area contributed by atoms with Crippen LogP contribution in [0.25, 0.3) is 33.7 Å². The van der Waals surface area contributed by atoms with Crippen molar-refractivity contribution in [2.75, 3.05) is 26.2 Å². The zero-order chi connectivity index (χ0) is 43.4. The SMILES string of the molecule is CCc1nn(-c2noc(C3CCN(C(=O)OC(C)(C)C)CC3)n2)c2cc(F)ccc12.CCc1nn(-c2noc(C3CCNCC3)n2)c2cc(F)ccc12.O=C(O)C(F)(F)F. The van der Waals surface area contributed by atoms with Gasteiger partial charge in [0.1, 0.15) is 17.2 Å². The van der Waals surface area contributed by atoms with Crippen LogP contribution in [0.2, 0.25) is 0 Å². The fourth-order valence-corrected chi connectivity index (χ4v) is 6.79. The lowest BCUT2D eigenvalue weighted by Gasteiger charge is -2.32. The summed E-state index contributed by atoms with van der Waals surface area (Å²) in [6, 6.07) is 9.23. The minimum Gasteiger partial charge on any atom is -0.475 e. The van der Waals surface area contributed by atoms with Crippen molar-refractivity contribution in [3.05, 3.63) is 71.2 Å². The first-order chi connectivity index (χ1) is 28.4. The van der Waals surface area contributed by atoms with Gasteiger partial charge in [-0.15, -0.1) is 0 Å². The molecule has 0 atom stereocenters. The number of carboxylic acid groups (broad SMARTS) is 1. The molecule has 2 saturated heterocycles. The number of benzene rings is 2. The molecule has 2 aliphatic rings. The molecule has 4 aromatic heterocycles. The monoisotopic (exact) mass is 844 g/mol. The lowest BCUT2D eigenvalue weighted by atomic mass is 9.97. The number of nitrogens with zero attached hydrogens (tertiary/aromatic N) is 9. The first-order valence-corrected chi connectivity index (χ1v) is 19.5. The number of fused-ring (bicyclic) bond motifs is 2. The van der Waals surface area contributed by atoms with Crippen molar-refractivity contribution in [1.29, 1.82) is 0 Å². The highest BCUT2D eigenvalue weighted by atomic mass is 19.4. The van der Waals surface area contributed by atoms with Crippen LogP contribution in [0.1, 0.15) is 95.3 Å². The first-order valence-electron chi connectivity index (χ1n) is 19.5. The molecule has 1 amide bonds. The summed E-state index contributed by atoms with van der Waals surface area (Å²) in [7, 11) is 0. The smallest absolute Gasteiger partial charge is 0.475 e. The van der Waals surface area contributed by atoms with Crippen molar-refractivity contribution in [2.45, 2.75) is 96.8 Å². The Bertz CT molecular complexity index is 2420. The molecule has 2 aromatic carbocycles. The molecule has 6 heterocycles. The second kappa shape index (κ2) is 18.1. The fourth-order valence-electron chi connectivity index (χ4n) is 6.79. The van der Waals surface area contributed by atoms with Crippen molar-refractivity contribution in [3.63, 3.8) is 0 Å². The van der Waals surface area contributed by atoms with E-state index in [2.05, 4.69) is 35.8 Å². The number of aromatic nitrogens is 8.